The lowest BCUT2D eigenvalue weighted by Crippen LogP contribution is -1.94. The first-order chi connectivity index (χ1) is 9.15. The van der Waals surface area contributed by atoms with E-state index in [0.717, 1.165) is 16.3 Å². The zero-order chi connectivity index (χ0) is 13.4. The minimum atomic E-state index is -0.798. The minimum Gasteiger partial charge on any atom is -0.213 e. The van der Waals surface area contributed by atoms with Gasteiger partial charge in [0.2, 0.25) is 0 Å². The van der Waals surface area contributed by atoms with Crippen LogP contribution in [0, 0.1) is 5.82 Å². The number of fused-ring (bicyclic) bond motifs is 1. The molecule has 2 nitrogen and oxygen atoms in total. The van der Waals surface area contributed by atoms with Crippen LogP contribution in [-0.4, -0.2) is 9.97 Å². The van der Waals surface area contributed by atoms with Gasteiger partial charge in [-0.3, -0.25) is 0 Å². The van der Waals surface area contributed by atoms with Gasteiger partial charge in [0, 0.05) is 5.56 Å². The molecule has 0 aliphatic carbocycles. The van der Waals surface area contributed by atoms with E-state index in [2.05, 4.69) is 9.97 Å². The van der Waals surface area contributed by atoms with Crippen LogP contribution in [0.2, 0.25) is 10.3 Å². The van der Waals surface area contributed by atoms with Crippen LogP contribution >= 0.6 is 23.2 Å². The molecule has 2 aromatic carbocycles. The van der Waals surface area contributed by atoms with Gasteiger partial charge in [-0.1, -0.05) is 59.6 Å². The van der Waals surface area contributed by atoms with E-state index in [9.17, 15) is 4.39 Å². The first kappa shape index (κ1) is 12.3. The standard InChI is InChI=1S/C14H7Cl2FN2/c15-12-11(17)13(16)19-14(18-12)10-6-5-8-3-1-2-4-9(8)7-10/h1-7H. The van der Waals surface area contributed by atoms with Gasteiger partial charge in [0.1, 0.15) is 0 Å². The average molecular weight is 293 g/mol. The maximum Gasteiger partial charge on any atom is 0.197 e. The minimum absolute atomic E-state index is 0.275. The lowest BCUT2D eigenvalue weighted by atomic mass is 10.1. The third-order valence-corrected chi connectivity index (χ3v) is 3.28. The topological polar surface area (TPSA) is 25.8 Å². The van der Waals surface area contributed by atoms with Gasteiger partial charge < -0.3 is 0 Å². The molecule has 5 heteroatoms. The predicted molar refractivity (Wildman–Crippen MR) is 75.0 cm³/mol. The predicted octanol–water partition coefficient (Wildman–Crippen LogP) is 4.74. The molecule has 0 saturated heterocycles. The highest BCUT2D eigenvalue weighted by Crippen LogP contribution is 2.26. The third kappa shape index (κ3) is 2.27. The van der Waals surface area contributed by atoms with Gasteiger partial charge in [-0.15, -0.1) is 0 Å². The Morgan fingerprint density at radius 3 is 2.16 bits per heavy atom. The van der Waals surface area contributed by atoms with E-state index in [0.29, 0.717) is 5.82 Å². The zero-order valence-electron chi connectivity index (χ0n) is 9.57. The van der Waals surface area contributed by atoms with E-state index >= 15 is 0 Å². The molecule has 3 aromatic rings. The lowest BCUT2D eigenvalue weighted by molar-refractivity contribution is 0.615. The summed E-state index contributed by atoms with van der Waals surface area (Å²) in [5.74, 6) is -0.491. The number of hydrogen-bond donors (Lipinski definition) is 0. The highest BCUT2D eigenvalue weighted by atomic mass is 35.5. The Morgan fingerprint density at radius 2 is 1.47 bits per heavy atom. The van der Waals surface area contributed by atoms with Crippen molar-refractivity contribution in [2.24, 2.45) is 0 Å². The first-order valence-corrected chi connectivity index (χ1v) is 6.28. The van der Waals surface area contributed by atoms with Gasteiger partial charge in [-0.25, -0.2) is 14.4 Å². The van der Waals surface area contributed by atoms with Crippen molar-refractivity contribution >= 4 is 34.0 Å². The Bertz CT molecular complexity index is 751. The van der Waals surface area contributed by atoms with Gasteiger partial charge >= 0.3 is 0 Å². The van der Waals surface area contributed by atoms with E-state index in [1.165, 1.54) is 0 Å². The first-order valence-electron chi connectivity index (χ1n) is 5.53. The number of rotatable bonds is 1. The highest BCUT2D eigenvalue weighted by molar-refractivity contribution is 6.33. The van der Waals surface area contributed by atoms with E-state index in [1.54, 1.807) is 0 Å². The monoisotopic (exact) mass is 292 g/mol. The molecule has 1 heterocycles. The Hall–Kier alpha value is -1.71. The Morgan fingerprint density at radius 1 is 0.842 bits per heavy atom. The molecule has 0 fully saturated rings. The number of nitrogens with zero attached hydrogens (tertiary/aromatic N) is 2. The SMILES string of the molecule is Fc1c(Cl)nc(-c2ccc3ccccc3c2)nc1Cl. The molecule has 0 radical (unpaired) electrons. The fourth-order valence-electron chi connectivity index (χ4n) is 1.85. The number of halogens is 3. The summed E-state index contributed by atoms with van der Waals surface area (Å²) in [5.41, 5.74) is 0.738. The molecule has 0 N–H and O–H groups in total. The van der Waals surface area contributed by atoms with Crippen molar-refractivity contribution in [1.29, 1.82) is 0 Å². The molecule has 94 valence electrons. The second-order valence-electron chi connectivity index (χ2n) is 4.00. The van der Waals surface area contributed by atoms with Crippen LogP contribution in [0.15, 0.2) is 42.5 Å². The van der Waals surface area contributed by atoms with Crippen LogP contribution < -0.4 is 0 Å². The van der Waals surface area contributed by atoms with Crippen molar-refractivity contribution in [1.82, 2.24) is 9.97 Å². The van der Waals surface area contributed by atoms with Crippen LogP contribution in [0.4, 0.5) is 4.39 Å². The molecule has 0 spiro atoms. The molecule has 0 amide bonds. The second-order valence-corrected chi connectivity index (χ2v) is 4.72. The van der Waals surface area contributed by atoms with Crippen LogP contribution in [-0.2, 0) is 0 Å². The quantitative estimate of drug-likeness (QED) is 0.605. The van der Waals surface area contributed by atoms with Crippen molar-refractivity contribution < 1.29 is 4.39 Å². The molecule has 19 heavy (non-hydrogen) atoms. The molecule has 0 saturated carbocycles. The second kappa shape index (κ2) is 4.76. The summed E-state index contributed by atoms with van der Waals surface area (Å²) in [7, 11) is 0. The summed E-state index contributed by atoms with van der Waals surface area (Å²) in [6.45, 7) is 0. The smallest absolute Gasteiger partial charge is 0.197 e. The van der Waals surface area contributed by atoms with E-state index in [1.807, 2.05) is 42.5 Å². The van der Waals surface area contributed by atoms with Crippen molar-refractivity contribution in [3.63, 3.8) is 0 Å². The fourth-order valence-corrected chi connectivity index (χ4v) is 2.24. The number of benzene rings is 2. The molecule has 0 aliphatic heterocycles. The molecular weight excluding hydrogens is 286 g/mol. The summed E-state index contributed by atoms with van der Waals surface area (Å²) in [4.78, 5) is 7.81. The highest BCUT2D eigenvalue weighted by Gasteiger charge is 2.12. The lowest BCUT2D eigenvalue weighted by Gasteiger charge is -2.04. The van der Waals surface area contributed by atoms with Crippen molar-refractivity contribution in [2.75, 3.05) is 0 Å². The van der Waals surface area contributed by atoms with E-state index in [4.69, 9.17) is 23.2 Å². The van der Waals surface area contributed by atoms with Crippen molar-refractivity contribution in [3.8, 4) is 11.4 Å². The van der Waals surface area contributed by atoms with Crippen LogP contribution in [0.25, 0.3) is 22.2 Å². The summed E-state index contributed by atoms with van der Waals surface area (Å²) < 4.78 is 13.3. The zero-order valence-corrected chi connectivity index (χ0v) is 11.1. The number of aromatic nitrogens is 2. The normalized spacial score (nSPS) is 10.9. The van der Waals surface area contributed by atoms with Crippen LogP contribution in [0.5, 0.6) is 0 Å². The molecule has 3 rings (SSSR count). The Kier molecular flexibility index (Phi) is 3.09. The molecule has 0 unspecified atom stereocenters. The van der Waals surface area contributed by atoms with Gasteiger partial charge in [-0.2, -0.15) is 0 Å². The largest absolute Gasteiger partial charge is 0.213 e. The maximum atomic E-state index is 13.3. The van der Waals surface area contributed by atoms with Gasteiger partial charge in [-0.05, 0) is 16.8 Å². The summed E-state index contributed by atoms with van der Waals surface area (Å²) >= 11 is 11.4. The van der Waals surface area contributed by atoms with Crippen molar-refractivity contribution in [3.05, 3.63) is 58.6 Å². The van der Waals surface area contributed by atoms with Crippen LogP contribution in [0.1, 0.15) is 0 Å². The fraction of sp³-hybridized carbons (Fsp3) is 0. The molecule has 0 aliphatic rings. The average Bonchev–Trinajstić information content (AvgIpc) is 2.43. The maximum absolute atomic E-state index is 13.3. The van der Waals surface area contributed by atoms with Gasteiger partial charge in [0.25, 0.3) is 0 Å². The summed E-state index contributed by atoms with van der Waals surface area (Å²) in [6, 6.07) is 13.6. The van der Waals surface area contributed by atoms with Gasteiger partial charge in [0.15, 0.2) is 21.9 Å². The molecular formula is C14H7Cl2FN2. The summed E-state index contributed by atoms with van der Waals surface area (Å²) in [5, 5.41) is 1.59. The summed E-state index contributed by atoms with van der Waals surface area (Å²) in [6.07, 6.45) is 0. The number of hydrogen-bond acceptors (Lipinski definition) is 2. The van der Waals surface area contributed by atoms with E-state index < -0.39 is 5.82 Å². The Labute approximate surface area is 118 Å². The van der Waals surface area contributed by atoms with E-state index in [-0.39, 0.29) is 10.3 Å². The molecule has 1 aromatic heterocycles. The van der Waals surface area contributed by atoms with Crippen LogP contribution in [0.3, 0.4) is 0 Å². The Balaban J connectivity index is 2.19. The molecule has 0 bridgehead atoms. The van der Waals surface area contributed by atoms with Gasteiger partial charge in [0.05, 0.1) is 0 Å². The molecule has 0 atom stereocenters. The third-order valence-electron chi connectivity index (χ3n) is 2.78. The van der Waals surface area contributed by atoms with Crippen molar-refractivity contribution in [2.45, 2.75) is 0 Å².